The summed E-state index contributed by atoms with van der Waals surface area (Å²) in [5, 5.41) is 0. The van der Waals surface area contributed by atoms with Crippen LogP contribution >= 0.6 is 0 Å². The summed E-state index contributed by atoms with van der Waals surface area (Å²) >= 11 is 0. The van der Waals surface area contributed by atoms with E-state index in [-0.39, 0.29) is 0 Å². The highest BCUT2D eigenvalue weighted by Crippen LogP contribution is 2.10. The summed E-state index contributed by atoms with van der Waals surface area (Å²) in [5.41, 5.74) is 1.12. The van der Waals surface area contributed by atoms with Crippen molar-refractivity contribution in [2.45, 2.75) is 57.8 Å². The number of hydrogen-bond acceptors (Lipinski definition) is 2. The number of allylic oxidation sites excluding steroid dienone is 1. The van der Waals surface area contributed by atoms with Gasteiger partial charge < -0.3 is 0 Å². The number of aryl methyl sites for hydroxylation is 1. The Balaban J connectivity index is 1.86. The van der Waals surface area contributed by atoms with Gasteiger partial charge in [-0.05, 0) is 25.7 Å². The van der Waals surface area contributed by atoms with E-state index in [1.807, 2.05) is 12.3 Å². The lowest BCUT2D eigenvalue weighted by Gasteiger charge is -2.01. The molecule has 1 aromatic rings. The third-order valence-corrected chi connectivity index (χ3v) is 2.96. The van der Waals surface area contributed by atoms with Crippen LogP contribution in [0.1, 0.15) is 57.1 Å². The van der Waals surface area contributed by atoms with Crippen molar-refractivity contribution in [2.24, 2.45) is 0 Å². The van der Waals surface area contributed by atoms with Gasteiger partial charge in [-0.1, -0.05) is 38.2 Å². The normalized spacial score (nSPS) is 10.4. The van der Waals surface area contributed by atoms with Gasteiger partial charge in [-0.2, -0.15) is 0 Å². The maximum Gasteiger partial charge on any atom is 0.0586 e. The molecule has 0 amide bonds. The molecule has 0 aliphatic heterocycles. The number of aromatic nitrogens is 2. The molecule has 0 atom stereocenters. The SMILES string of the molecule is C=CCCCCCCCCCc1cnccn1. The van der Waals surface area contributed by atoms with Gasteiger partial charge in [-0.3, -0.25) is 9.97 Å². The van der Waals surface area contributed by atoms with Crippen molar-refractivity contribution in [2.75, 3.05) is 0 Å². The monoisotopic (exact) mass is 232 g/mol. The lowest BCUT2D eigenvalue weighted by Crippen LogP contribution is -1.90. The van der Waals surface area contributed by atoms with Gasteiger partial charge in [-0.25, -0.2) is 0 Å². The highest BCUT2D eigenvalue weighted by Gasteiger charge is 1.95. The Kier molecular flexibility index (Phi) is 8.17. The van der Waals surface area contributed by atoms with E-state index < -0.39 is 0 Å². The second-order valence-electron chi connectivity index (χ2n) is 4.50. The predicted octanol–water partition coefficient (Wildman–Crippen LogP) is 4.33. The fourth-order valence-corrected chi connectivity index (χ4v) is 1.94. The van der Waals surface area contributed by atoms with E-state index in [0.717, 1.165) is 12.1 Å². The fourth-order valence-electron chi connectivity index (χ4n) is 1.94. The molecule has 0 bridgehead atoms. The molecule has 0 saturated carbocycles. The highest BCUT2D eigenvalue weighted by molar-refractivity contribution is 4.94. The van der Waals surface area contributed by atoms with E-state index in [1.165, 1.54) is 51.4 Å². The maximum atomic E-state index is 4.27. The average Bonchev–Trinajstić information content (AvgIpc) is 2.38. The lowest BCUT2D eigenvalue weighted by atomic mass is 10.1. The number of nitrogens with zero attached hydrogens (tertiary/aromatic N) is 2. The molecule has 0 unspecified atom stereocenters. The minimum absolute atomic E-state index is 1.07. The first-order chi connectivity index (χ1) is 8.43. The van der Waals surface area contributed by atoms with Crippen LogP contribution in [0.4, 0.5) is 0 Å². The molecule has 1 heterocycles. The van der Waals surface area contributed by atoms with Crippen LogP contribution in [-0.4, -0.2) is 9.97 Å². The molecule has 0 fully saturated rings. The van der Waals surface area contributed by atoms with E-state index in [1.54, 1.807) is 12.4 Å². The molecular weight excluding hydrogens is 208 g/mol. The zero-order valence-corrected chi connectivity index (χ0v) is 10.8. The zero-order chi connectivity index (χ0) is 12.2. The average molecular weight is 232 g/mol. The number of hydrogen-bond donors (Lipinski definition) is 0. The molecule has 0 radical (unpaired) electrons. The Hall–Kier alpha value is -1.18. The van der Waals surface area contributed by atoms with Crippen molar-refractivity contribution in [3.8, 4) is 0 Å². The molecule has 1 rings (SSSR count). The van der Waals surface area contributed by atoms with Crippen LogP contribution in [0.5, 0.6) is 0 Å². The van der Waals surface area contributed by atoms with Crippen LogP contribution in [-0.2, 0) is 6.42 Å². The molecule has 0 saturated heterocycles. The Morgan fingerprint density at radius 3 is 2.29 bits per heavy atom. The molecule has 0 aliphatic rings. The molecule has 0 N–H and O–H groups in total. The molecule has 0 aliphatic carbocycles. The van der Waals surface area contributed by atoms with E-state index in [0.29, 0.717) is 0 Å². The highest BCUT2D eigenvalue weighted by atomic mass is 14.8. The molecule has 0 aromatic carbocycles. The lowest BCUT2D eigenvalue weighted by molar-refractivity contribution is 0.579. The second kappa shape index (κ2) is 10.0. The Bertz CT molecular complexity index is 282. The van der Waals surface area contributed by atoms with Crippen molar-refractivity contribution < 1.29 is 0 Å². The van der Waals surface area contributed by atoms with Gasteiger partial charge in [-0.15, -0.1) is 6.58 Å². The van der Waals surface area contributed by atoms with Crippen LogP contribution in [0.25, 0.3) is 0 Å². The fraction of sp³-hybridized carbons (Fsp3) is 0.600. The first kappa shape index (κ1) is 13.9. The molecule has 1 aromatic heterocycles. The summed E-state index contributed by atoms with van der Waals surface area (Å²) in [5.74, 6) is 0. The smallest absolute Gasteiger partial charge is 0.0586 e. The van der Waals surface area contributed by atoms with E-state index in [4.69, 9.17) is 0 Å². The third kappa shape index (κ3) is 7.67. The minimum atomic E-state index is 1.07. The van der Waals surface area contributed by atoms with Gasteiger partial charge in [0.2, 0.25) is 0 Å². The van der Waals surface area contributed by atoms with Crippen LogP contribution in [0.2, 0.25) is 0 Å². The van der Waals surface area contributed by atoms with Crippen molar-refractivity contribution in [1.29, 1.82) is 0 Å². The largest absolute Gasteiger partial charge is 0.261 e. The number of unbranched alkanes of at least 4 members (excludes halogenated alkanes) is 7. The van der Waals surface area contributed by atoms with Gasteiger partial charge in [0.1, 0.15) is 0 Å². The van der Waals surface area contributed by atoms with Crippen LogP contribution in [0.3, 0.4) is 0 Å². The summed E-state index contributed by atoms with van der Waals surface area (Å²) in [6, 6.07) is 0. The number of rotatable bonds is 10. The molecule has 2 heteroatoms. The summed E-state index contributed by atoms with van der Waals surface area (Å²) < 4.78 is 0. The van der Waals surface area contributed by atoms with Crippen molar-refractivity contribution in [3.63, 3.8) is 0 Å². The van der Waals surface area contributed by atoms with E-state index in [2.05, 4.69) is 16.5 Å². The van der Waals surface area contributed by atoms with Crippen LogP contribution in [0.15, 0.2) is 31.2 Å². The first-order valence-electron chi connectivity index (χ1n) is 6.79. The van der Waals surface area contributed by atoms with Crippen molar-refractivity contribution >= 4 is 0 Å². The summed E-state index contributed by atoms with van der Waals surface area (Å²) in [6.45, 7) is 3.74. The second-order valence-corrected chi connectivity index (χ2v) is 4.50. The van der Waals surface area contributed by atoms with Crippen molar-refractivity contribution in [1.82, 2.24) is 9.97 Å². The molecule has 94 valence electrons. The van der Waals surface area contributed by atoms with Gasteiger partial charge in [0, 0.05) is 18.6 Å². The molecule has 17 heavy (non-hydrogen) atoms. The maximum absolute atomic E-state index is 4.27. The minimum Gasteiger partial charge on any atom is -0.261 e. The summed E-state index contributed by atoms with van der Waals surface area (Å²) in [4.78, 5) is 8.35. The summed E-state index contributed by atoms with van der Waals surface area (Å²) in [6.07, 6.45) is 19.0. The third-order valence-electron chi connectivity index (χ3n) is 2.96. The van der Waals surface area contributed by atoms with E-state index >= 15 is 0 Å². The topological polar surface area (TPSA) is 25.8 Å². The van der Waals surface area contributed by atoms with Gasteiger partial charge >= 0.3 is 0 Å². The Morgan fingerprint density at radius 1 is 0.941 bits per heavy atom. The van der Waals surface area contributed by atoms with Crippen LogP contribution < -0.4 is 0 Å². The standard InChI is InChI=1S/C15H24N2/c1-2-3-4-5-6-7-8-9-10-11-15-14-16-12-13-17-15/h2,12-14H,1,3-11H2. The predicted molar refractivity (Wildman–Crippen MR) is 72.9 cm³/mol. The first-order valence-corrected chi connectivity index (χ1v) is 6.79. The van der Waals surface area contributed by atoms with E-state index in [9.17, 15) is 0 Å². The summed E-state index contributed by atoms with van der Waals surface area (Å²) in [7, 11) is 0. The molecular formula is C15H24N2. The quantitative estimate of drug-likeness (QED) is 0.443. The Labute approximate surface area is 105 Å². The zero-order valence-electron chi connectivity index (χ0n) is 10.8. The Morgan fingerprint density at radius 2 is 1.65 bits per heavy atom. The van der Waals surface area contributed by atoms with Gasteiger partial charge in [0.05, 0.1) is 5.69 Å². The molecule has 2 nitrogen and oxygen atoms in total. The van der Waals surface area contributed by atoms with Gasteiger partial charge in [0.15, 0.2) is 0 Å². The van der Waals surface area contributed by atoms with Gasteiger partial charge in [0.25, 0.3) is 0 Å². The molecule has 0 spiro atoms. The van der Waals surface area contributed by atoms with Crippen molar-refractivity contribution in [3.05, 3.63) is 36.9 Å². The van der Waals surface area contributed by atoms with Crippen LogP contribution in [0, 0.1) is 0 Å².